The third-order valence-electron chi connectivity index (χ3n) is 2.11. The predicted octanol–water partition coefficient (Wildman–Crippen LogP) is 2.13. The summed E-state index contributed by atoms with van der Waals surface area (Å²) < 4.78 is 0. The second kappa shape index (κ2) is 4.74. The number of pyridine rings is 1. The molecule has 0 aliphatic heterocycles. The van der Waals surface area contributed by atoms with E-state index in [0.29, 0.717) is 5.69 Å². The minimum Gasteiger partial charge on any atom is -0.373 e. The van der Waals surface area contributed by atoms with Crippen LogP contribution in [0.25, 0.3) is 0 Å². The lowest BCUT2D eigenvalue weighted by atomic mass is 10.2. The zero-order valence-corrected chi connectivity index (χ0v) is 8.95. The number of hydrogen-bond donors (Lipinski definition) is 0. The Morgan fingerprint density at radius 2 is 2.21 bits per heavy atom. The van der Waals surface area contributed by atoms with Gasteiger partial charge in [0.25, 0.3) is 0 Å². The average molecular weight is 192 g/mol. The van der Waals surface area contributed by atoms with Gasteiger partial charge >= 0.3 is 0 Å². The fourth-order valence-electron chi connectivity index (χ4n) is 1.28. The molecule has 0 aliphatic carbocycles. The van der Waals surface area contributed by atoms with Crippen LogP contribution in [0.2, 0.25) is 0 Å². The van der Waals surface area contributed by atoms with E-state index in [1.807, 2.05) is 13.1 Å². The standard InChI is InChI=1S/C11H16N2O/c1-4-7-13(3)10-5-6-11(9(2)14)12-8-10/h5-6,8H,4,7H2,1-3H3. The predicted molar refractivity (Wildman–Crippen MR) is 57.8 cm³/mol. The van der Waals surface area contributed by atoms with Crippen LogP contribution in [0.1, 0.15) is 30.8 Å². The first-order valence-corrected chi connectivity index (χ1v) is 4.83. The molecular weight excluding hydrogens is 176 g/mol. The zero-order chi connectivity index (χ0) is 10.6. The van der Waals surface area contributed by atoms with E-state index < -0.39 is 0 Å². The van der Waals surface area contributed by atoms with Gasteiger partial charge < -0.3 is 4.90 Å². The SMILES string of the molecule is CCCN(C)c1ccc(C(C)=O)nc1. The van der Waals surface area contributed by atoms with E-state index in [1.165, 1.54) is 6.92 Å². The minimum atomic E-state index is 0.00898. The molecule has 0 aromatic carbocycles. The van der Waals surface area contributed by atoms with Crippen molar-refractivity contribution in [2.45, 2.75) is 20.3 Å². The lowest BCUT2D eigenvalue weighted by Gasteiger charge is -2.17. The normalized spacial score (nSPS) is 9.93. The van der Waals surface area contributed by atoms with Crippen LogP contribution < -0.4 is 4.90 Å². The second-order valence-electron chi connectivity index (χ2n) is 3.38. The van der Waals surface area contributed by atoms with Crippen LogP contribution in [0.3, 0.4) is 0 Å². The van der Waals surface area contributed by atoms with Gasteiger partial charge in [-0.05, 0) is 18.6 Å². The van der Waals surface area contributed by atoms with Crippen LogP contribution in [-0.2, 0) is 0 Å². The number of nitrogens with zero attached hydrogens (tertiary/aromatic N) is 2. The molecule has 0 aliphatic rings. The van der Waals surface area contributed by atoms with Gasteiger partial charge in [-0.1, -0.05) is 6.92 Å². The lowest BCUT2D eigenvalue weighted by Crippen LogP contribution is -2.18. The molecule has 0 amide bonds. The third-order valence-corrected chi connectivity index (χ3v) is 2.11. The first-order chi connectivity index (χ1) is 6.65. The molecule has 0 unspecified atom stereocenters. The Kier molecular flexibility index (Phi) is 3.63. The molecule has 0 bridgehead atoms. The van der Waals surface area contributed by atoms with Crippen molar-refractivity contribution in [3.63, 3.8) is 0 Å². The number of anilines is 1. The molecule has 1 heterocycles. The summed E-state index contributed by atoms with van der Waals surface area (Å²) in [5.74, 6) is 0.00898. The summed E-state index contributed by atoms with van der Waals surface area (Å²) in [5.41, 5.74) is 1.58. The van der Waals surface area contributed by atoms with E-state index in [4.69, 9.17) is 0 Å². The molecule has 1 aromatic rings. The summed E-state index contributed by atoms with van der Waals surface area (Å²) in [6, 6.07) is 3.70. The maximum atomic E-state index is 11.0. The van der Waals surface area contributed by atoms with E-state index in [-0.39, 0.29) is 5.78 Å². The summed E-state index contributed by atoms with van der Waals surface area (Å²) in [5, 5.41) is 0. The molecule has 0 fully saturated rings. The number of hydrogen-bond acceptors (Lipinski definition) is 3. The zero-order valence-electron chi connectivity index (χ0n) is 8.95. The van der Waals surface area contributed by atoms with Crippen molar-refractivity contribution in [1.29, 1.82) is 0 Å². The van der Waals surface area contributed by atoms with E-state index in [2.05, 4.69) is 16.8 Å². The van der Waals surface area contributed by atoms with E-state index in [1.54, 1.807) is 12.3 Å². The van der Waals surface area contributed by atoms with Gasteiger partial charge in [-0.15, -0.1) is 0 Å². The number of ketones is 1. The quantitative estimate of drug-likeness (QED) is 0.685. The van der Waals surface area contributed by atoms with Crippen molar-refractivity contribution < 1.29 is 4.79 Å². The van der Waals surface area contributed by atoms with Crippen molar-refractivity contribution in [3.05, 3.63) is 24.0 Å². The van der Waals surface area contributed by atoms with Crippen LogP contribution in [0.4, 0.5) is 5.69 Å². The molecule has 0 saturated carbocycles. The summed E-state index contributed by atoms with van der Waals surface area (Å²) in [7, 11) is 2.02. The van der Waals surface area contributed by atoms with E-state index in [0.717, 1.165) is 18.7 Å². The van der Waals surface area contributed by atoms with Gasteiger partial charge in [0, 0.05) is 20.5 Å². The largest absolute Gasteiger partial charge is 0.373 e. The molecule has 0 spiro atoms. The van der Waals surface area contributed by atoms with Crippen molar-refractivity contribution in [1.82, 2.24) is 4.98 Å². The summed E-state index contributed by atoms with van der Waals surface area (Å²) in [6.45, 7) is 4.66. The van der Waals surface area contributed by atoms with Crippen molar-refractivity contribution in [3.8, 4) is 0 Å². The second-order valence-corrected chi connectivity index (χ2v) is 3.38. The van der Waals surface area contributed by atoms with Gasteiger partial charge in [0.2, 0.25) is 0 Å². The highest BCUT2D eigenvalue weighted by Gasteiger charge is 2.02. The Labute approximate surface area is 84.8 Å². The minimum absolute atomic E-state index is 0.00898. The van der Waals surface area contributed by atoms with Gasteiger partial charge in [-0.2, -0.15) is 0 Å². The first-order valence-electron chi connectivity index (χ1n) is 4.83. The van der Waals surface area contributed by atoms with Gasteiger partial charge in [-0.3, -0.25) is 9.78 Å². The number of carbonyl (C=O) groups is 1. The molecule has 1 aromatic heterocycles. The fraction of sp³-hybridized carbons (Fsp3) is 0.455. The highest BCUT2D eigenvalue weighted by atomic mass is 16.1. The maximum Gasteiger partial charge on any atom is 0.178 e. The molecule has 0 N–H and O–H groups in total. The number of carbonyl (C=O) groups excluding carboxylic acids is 1. The monoisotopic (exact) mass is 192 g/mol. The van der Waals surface area contributed by atoms with Gasteiger partial charge in [0.1, 0.15) is 5.69 Å². The Bertz CT molecular complexity index is 306. The van der Waals surface area contributed by atoms with Crippen molar-refractivity contribution in [2.24, 2.45) is 0 Å². The Morgan fingerprint density at radius 1 is 1.50 bits per heavy atom. The molecule has 0 radical (unpaired) electrons. The summed E-state index contributed by atoms with van der Waals surface area (Å²) in [4.78, 5) is 17.2. The lowest BCUT2D eigenvalue weighted by molar-refractivity contribution is 0.101. The number of aromatic nitrogens is 1. The average Bonchev–Trinajstić information content (AvgIpc) is 2.18. The molecule has 3 nitrogen and oxygen atoms in total. The number of Topliss-reactive ketones (excluding diaryl/α,β-unsaturated/α-hetero) is 1. The van der Waals surface area contributed by atoms with Crippen LogP contribution in [0.15, 0.2) is 18.3 Å². The van der Waals surface area contributed by atoms with Crippen LogP contribution in [0, 0.1) is 0 Å². The highest BCUT2D eigenvalue weighted by Crippen LogP contribution is 2.11. The van der Waals surface area contributed by atoms with Gasteiger partial charge in [0.05, 0.1) is 11.9 Å². The number of rotatable bonds is 4. The van der Waals surface area contributed by atoms with Crippen molar-refractivity contribution >= 4 is 11.5 Å². The molecule has 0 atom stereocenters. The highest BCUT2D eigenvalue weighted by molar-refractivity contribution is 5.92. The maximum absolute atomic E-state index is 11.0. The molecule has 1 rings (SSSR count). The molecule has 3 heteroatoms. The van der Waals surface area contributed by atoms with Gasteiger partial charge in [0.15, 0.2) is 5.78 Å². The molecule has 14 heavy (non-hydrogen) atoms. The topological polar surface area (TPSA) is 33.2 Å². The van der Waals surface area contributed by atoms with E-state index >= 15 is 0 Å². The third kappa shape index (κ3) is 2.55. The Hall–Kier alpha value is -1.38. The summed E-state index contributed by atoms with van der Waals surface area (Å²) >= 11 is 0. The van der Waals surface area contributed by atoms with Crippen molar-refractivity contribution in [2.75, 3.05) is 18.5 Å². The smallest absolute Gasteiger partial charge is 0.178 e. The molecular formula is C11H16N2O. The molecule has 0 saturated heterocycles. The van der Waals surface area contributed by atoms with Gasteiger partial charge in [-0.25, -0.2) is 0 Å². The van der Waals surface area contributed by atoms with Crippen LogP contribution in [-0.4, -0.2) is 24.4 Å². The Balaban J connectivity index is 2.77. The molecule has 76 valence electrons. The Morgan fingerprint density at radius 3 is 2.64 bits per heavy atom. The van der Waals surface area contributed by atoms with Crippen LogP contribution >= 0.6 is 0 Å². The fourth-order valence-corrected chi connectivity index (χ4v) is 1.28. The summed E-state index contributed by atoms with van der Waals surface area (Å²) in [6.07, 6.45) is 2.84. The van der Waals surface area contributed by atoms with Crippen LogP contribution in [0.5, 0.6) is 0 Å². The van der Waals surface area contributed by atoms with E-state index in [9.17, 15) is 4.79 Å². The first kappa shape index (κ1) is 10.7.